The molecule has 2 amide bonds. The summed E-state index contributed by atoms with van der Waals surface area (Å²) in [4.78, 5) is 27.0. The van der Waals surface area contributed by atoms with Gasteiger partial charge in [-0.2, -0.15) is 0 Å². The number of rotatable bonds is 2. The number of carbonyl (C=O) groups excluding carboxylic acids is 2. The Balaban J connectivity index is 1.75. The Morgan fingerprint density at radius 1 is 1.05 bits per heavy atom. The third kappa shape index (κ3) is 2.03. The Morgan fingerprint density at radius 2 is 1.73 bits per heavy atom. The largest absolute Gasteiger partial charge is 0.316 e. The van der Waals surface area contributed by atoms with E-state index in [2.05, 4.69) is 5.32 Å². The normalized spacial score (nSPS) is 21.5. The Labute approximate surface area is 129 Å². The molecule has 1 atom stereocenters. The summed E-state index contributed by atoms with van der Waals surface area (Å²) < 4.78 is 0. The first kappa shape index (κ1) is 13.5. The van der Waals surface area contributed by atoms with Crippen LogP contribution in [0.25, 0.3) is 10.8 Å². The van der Waals surface area contributed by atoms with Gasteiger partial charge in [-0.1, -0.05) is 24.3 Å². The summed E-state index contributed by atoms with van der Waals surface area (Å²) in [7, 11) is 0. The maximum absolute atomic E-state index is 12.8. The minimum absolute atomic E-state index is 0.153. The molecule has 0 aliphatic carbocycles. The predicted molar refractivity (Wildman–Crippen MR) is 84.9 cm³/mol. The molecule has 1 unspecified atom stereocenters. The fourth-order valence-corrected chi connectivity index (χ4v) is 3.58. The number of nitrogens with one attached hydrogen (secondary N) is 1. The van der Waals surface area contributed by atoms with E-state index in [-0.39, 0.29) is 11.8 Å². The lowest BCUT2D eigenvalue weighted by atomic mass is 9.92. The van der Waals surface area contributed by atoms with Gasteiger partial charge in [0.1, 0.15) is 0 Å². The van der Waals surface area contributed by atoms with Gasteiger partial charge >= 0.3 is 0 Å². The van der Waals surface area contributed by atoms with Crippen LogP contribution in [0.5, 0.6) is 0 Å². The van der Waals surface area contributed by atoms with Gasteiger partial charge in [0.2, 0.25) is 0 Å². The summed E-state index contributed by atoms with van der Waals surface area (Å²) in [5, 5.41) is 5.10. The van der Waals surface area contributed by atoms with Gasteiger partial charge in [0.25, 0.3) is 11.8 Å². The minimum Gasteiger partial charge on any atom is -0.316 e. The van der Waals surface area contributed by atoms with Crippen molar-refractivity contribution in [1.29, 1.82) is 0 Å². The molecule has 0 aromatic heterocycles. The van der Waals surface area contributed by atoms with Gasteiger partial charge in [-0.05, 0) is 49.4 Å². The Kier molecular flexibility index (Phi) is 3.19. The van der Waals surface area contributed by atoms with E-state index in [1.54, 1.807) is 0 Å². The van der Waals surface area contributed by atoms with E-state index in [4.69, 9.17) is 0 Å². The summed E-state index contributed by atoms with van der Waals surface area (Å²) in [6, 6.07) is 11.3. The number of carbonyl (C=O) groups is 2. The van der Waals surface area contributed by atoms with Crippen LogP contribution >= 0.6 is 0 Å². The highest BCUT2D eigenvalue weighted by molar-refractivity contribution is 6.25. The standard InChI is InChI=1S/C18H18N2O2/c21-17-14-7-1-5-13-6-2-8-15(16(13)14)18(22)20(17)11-12-4-3-9-19-10-12/h1-2,5-8,12,19H,3-4,9-11H2. The first-order valence-corrected chi connectivity index (χ1v) is 7.84. The molecule has 0 spiro atoms. The van der Waals surface area contributed by atoms with Crippen molar-refractivity contribution in [2.24, 2.45) is 5.92 Å². The lowest BCUT2D eigenvalue weighted by Crippen LogP contribution is -2.46. The Bertz CT molecular complexity index is 712. The molecule has 112 valence electrons. The van der Waals surface area contributed by atoms with Crippen molar-refractivity contribution in [2.75, 3.05) is 19.6 Å². The zero-order valence-corrected chi connectivity index (χ0v) is 12.3. The molecule has 4 nitrogen and oxygen atoms in total. The number of nitrogens with zero attached hydrogens (tertiary/aromatic N) is 1. The molecule has 0 bridgehead atoms. The van der Waals surface area contributed by atoms with Crippen molar-refractivity contribution in [3.05, 3.63) is 47.5 Å². The highest BCUT2D eigenvalue weighted by atomic mass is 16.2. The van der Waals surface area contributed by atoms with Crippen molar-refractivity contribution in [2.45, 2.75) is 12.8 Å². The van der Waals surface area contributed by atoms with Crippen LogP contribution in [0.4, 0.5) is 0 Å². The summed E-state index contributed by atoms with van der Waals surface area (Å²) in [5.41, 5.74) is 1.30. The maximum Gasteiger partial charge on any atom is 0.261 e. The zero-order valence-electron chi connectivity index (χ0n) is 12.3. The molecule has 2 heterocycles. The second-order valence-electron chi connectivity index (χ2n) is 6.14. The van der Waals surface area contributed by atoms with Crippen molar-refractivity contribution in [1.82, 2.24) is 10.2 Å². The average Bonchev–Trinajstić information content (AvgIpc) is 2.57. The number of hydrogen-bond donors (Lipinski definition) is 1. The van der Waals surface area contributed by atoms with Crippen LogP contribution < -0.4 is 5.32 Å². The van der Waals surface area contributed by atoms with Crippen LogP contribution in [0, 0.1) is 5.92 Å². The molecular weight excluding hydrogens is 276 g/mol. The van der Waals surface area contributed by atoms with Gasteiger partial charge in [-0.15, -0.1) is 0 Å². The number of benzene rings is 2. The number of piperidine rings is 1. The molecule has 1 fully saturated rings. The van der Waals surface area contributed by atoms with Crippen molar-refractivity contribution in [3.8, 4) is 0 Å². The quantitative estimate of drug-likeness (QED) is 0.866. The molecule has 4 heteroatoms. The SMILES string of the molecule is O=C1c2cccc3cccc(c23)C(=O)N1CC1CCCNC1. The molecule has 2 aromatic carbocycles. The van der Waals surface area contributed by atoms with Crippen LogP contribution in [0.15, 0.2) is 36.4 Å². The molecule has 0 saturated carbocycles. The molecular formula is C18H18N2O2. The van der Waals surface area contributed by atoms with E-state index in [1.807, 2.05) is 36.4 Å². The number of imide groups is 1. The topological polar surface area (TPSA) is 49.4 Å². The highest BCUT2D eigenvalue weighted by Crippen LogP contribution is 2.30. The molecule has 2 aromatic rings. The molecule has 4 rings (SSSR count). The Hall–Kier alpha value is -2.20. The predicted octanol–water partition coefficient (Wildman–Crippen LogP) is 2.44. The average molecular weight is 294 g/mol. The van der Waals surface area contributed by atoms with Gasteiger partial charge in [0.15, 0.2) is 0 Å². The number of hydrogen-bond acceptors (Lipinski definition) is 3. The second-order valence-corrected chi connectivity index (χ2v) is 6.14. The fraction of sp³-hybridized carbons (Fsp3) is 0.333. The smallest absolute Gasteiger partial charge is 0.261 e. The van der Waals surface area contributed by atoms with E-state index < -0.39 is 0 Å². The third-order valence-electron chi connectivity index (χ3n) is 4.70. The van der Waals surface area contributed by atoms with Crippen molar-refractivity contribution >= 4 is 22.6 Å². The first-order valence-electron chi connectivity index (χ1n) is 7.84. The van der Waals surface area contributed by atoms with E-state index in [0.717, 1.165) is 36.7 Å². The van der Waals surface area contributed by atoms with Crippen LogP contribution in [0.1, 0.15) is 33.6 Å². The lowest BCUT2D eigenvalue weighted by molar-refractivity contribution is 0.0577. The van der Waals surface area contributed by atoms with Crippen molar-refractivity contribution < 1.29 is 9.59 Å². The second kappa shape index (κ2) is 5.21. The van der Waals surface area contributed by atoms with Gasteiger partial charge in [-0.25, -0.2) is 0 Å². The lowest BCUT2D eigenvalue weighted by Gasteiger charge is -2.32. The fourth-order valence-electron chi connectivity index (χ4n) is 3.58. The summed E-state index contributed by atoms with van der Waals surface area (Å²) in [6.07, 6.45) is 2.17. The summed E-state index contributed by atoms with van der Waals surface area (Å²) in [5.74, 6) is 0.0471. The van der Waals surface area contributed by atoms with Gasteiger partial charge in [0.05, 0.1) is 0 Å². The molecule has 1 N–H and O–H groups in total. The third-order valence-corrected chi connectivity index (χ3v) is 4.70. The van der Waals surface area contributed by atoms with E-state index >= 15 is 0 Å². The minimum atomic E-state index is -0.153. The first-order chi connectivity index (χ1) is 10.8. The molecule has 2 aliphatic heterocycles. The number of amides is 2. The van der Waals surface area contributed by atoms with Crippen LogP contribution in [-0.2, 0) is 0 Å². The van der Waals surface area contributed by atoms with Crippen LogP contribution in [-0.4, -0.2) is 36.3 Å². The van der Waals surface area contributed by atoms with Crippen molar-refractivity contribution in [3.63, 3.8) is 0 Å². The maximum atomic E-state index is 12.8. The Morgan fingerprint density at radius 3 is 2.32 bits per heavy atom. The molecule has 22 heavy (non-hydrogen) atoms. The summed E-state index contributed by atoms with van der Waals surface area (Å²) in [6.45, 7) is 2.42. The van der Waals surface area contributed by atoms with E-state index in [1.165, 1.54) is 4.90 Å². The molecule has 0 radical (unpaired) electrons. The van der Waals surface area contributed by atoms with E-state index in [9.17, 15) is 9.59 Å². The van der Waals surface area contributed by atoms with Gasteiger partial charge < -0.3 is 5.32 Å². The summed E-state index contributed by atoms with van der Waals surface area (Å²) >= 11 is 0. The van der Waals surface area contributed by atoms with Crippen LogP contribution in [0.3, 0.4) is 0 Å². The van der Waals surface area contributed by atoms with Gasteiger partial charge in [0, 0.05) is 23.1 Å². The zero-order chi connectivity index (χ0) is 15.1. The van der Waals surface area contributed by atoms with Gasteiger partial charge in [-0.3, -0.25) is 14.5 Å². The van der Waals surface area contributed by atoms with E-state index in [0.29, 0.717) is 23.6 Å². The monoisotopic (exact) mass is 294 g/mol. The van der Waals surface area contributed by atoms with Crippen LogP contribution in [0.2, 0.25) is 0 Å². The molecule has 1 saturated heterocycles. The molecule has 2 aliphatic rings. The highest BCUT2D eigenvalue weighted by Gasteiger charge is 2.34.